The lowest BCUT2D eigenvalue weighted by molar-refractivity contribution is 0.0697. The maximum absolute atomic E-state index is 12.2. The number of anilines is 1. The van der Waals surface area contributed by atoms with E-state index in [9.17, 15) is 13.2 Å². The number of pyridine rings is 1. The first kappa shape index (κ1) is 15.5. The molecule has 1 heterocycles. The van der Waals surface area contributed by atoms with E-state index in [0.717, 1.165) is 0 Å². The molecule has 2 aromatic rings. The molecule has 0 radical (unpaired) electrons. The number of benzene rings is 1. The molecule has 0 aliphatic carbocycles. The summed E-state index contributed by atoms with van der Waals surface area (Å²) in [5.74, 6) is -1.07. The predicted octanol–water partition coefficient (Wildman–Crippen LogP) is 2.65. The molecular formula is C13H11BrN2O4S. The molecule has 0 spiro atoms. The summed E-state index contributed by atoms with van der Waals surface area (Å²) in [6.45, 7) is 1.63. The normalized spacial score (nSPS) is 11.1. The van der Waals surface area contributed by atoms with E-state index in [4.69, 9.17) is 5.11 Å². The second kappa shape index (κ2) is 5.82. The maximum Gasteiger partial charge on any atom is 0.335 e. The van der Waals surface area contributed by atoms with Crippen molar-refractivity contribution in [1.29, 1.82) is 0 Å². The van der Waals surface area contributed by atoms with Gasteiger partial charge in [-0.2, -0.15) is 0 Å². The van der Waals surface area contributed by atoms with Gasteiger partial charge in [0.25, 0.3) is 10.0 Å². The zero-order chi connectivity index (χ0) is 15.6. The zero-order valence-corrected chi connectivity index (χ0v) is 13.3. The van der Waals surface area contributed by atoms with E-state index < -0.39 is 16.0 Å². The van der Waals surface area contributed by atoms with Crippen molar-refractivity contribution in [2.75, 3.05) is 4.72 Å². The molecule has 1 aromatic carbocycles. The van der Waals surface area contributed by atoms with Gasteiger partial charge in [-0.1, -0.05) is 0 Å². The number of aromatic nitrogens is 1. The third kappa shape index (κ3) is 3.59. The van der Waals surface area contributed by atoms with Crippen LogP contribution in [0, 0.1) is 6.92 Å². The van der Waals surface area contributed by atoms with Gasteiger partial charge in [-0.15, -0.1) is 0 Å². The topological polar surface area (TPSA) is 96.4 Å². The number of sulfonamides is 1. The van der Waals surface area contributed by atoms with E-state index in [1.165, 1.54) is 36.7 Å². The highest BCUT2D eigenvalue weighted by atomic mass is 79.9. The third-order valence-electron chi connectivity index (χ3n) is 2.71. The van der Waals surface area contributed by atoms with Gasteiger partial charge in [-0.3, -0.25) is 9.71 Å². The highest BCUT2D eigenvalue weighted by Crippen LogP contribution is 2.22. The number of carbonyl (C=O) groups is 1. The van der Waals surface area contributed by atoms with Gasteiger partial charge >= 0.3 is 5.97 Å². The smallest absolute Gasteiger partial charge is 0.335 e. The van der Waals surface area contributed by atoms with Crippen LogP contribution in [0.4, 0.5) is 5.69 Å². The SMILES string of the molecule is Cc1cc(C(=O)O)ccc1NS(=O)(=O)c1cncc(Br)c1. The van der Waals surface area contributed by atoms with Crippen LogP contribution in [-0.2, 0) is 10.0 Å². The van der Waals surface area contributed by atoms with Gasteiger partial charge in [0.1, 0.15) is 4.90 Å². The van der Waals surface area contributed by atoms with E-state index in [2.05, 4.69) is 25.6 Å². The Bertz CT molecular complexity index is 806. The van der Waals surface area contributed by atoms with Gasteiger partial charge in [-0.25, -0.2) is 13.2 Å². The summed E-state index contributed by atoms with van der Waals surface area (Å²) in [4.78, 5) is 14.7. The molecule has 8 heteroatoms. The summed E-state index contributed by atoms with van der Waals surface area (Å²) in [5.41, 5.74) is 0.931. The molecule has 0 fully saturated rings. The predicted molar refractivity (Wildman–Crippen MR) is 80.9 cm³/mol. The zero-order valence-electron chi connectivity index (χ0n) is 10.9. The second-order valence-electron chi connectivity index (χ2n) is 4.28. The van der Waals surface area contributed by atoms with Crippen LogP contribution >= 0.6 is 15.9 Å². The number of hydrogen-bond acceptors (Lipinski definition) is 4. The summed E-state index contributed by atoms with van der Waals surface area (Å²) in [6.07, 6.45) is 2.71. The first-order valence-electron chi connectivity index (χ1n) is 5.77. The van der Waals surface area contributed by atoms with Crippen molar-refractivity contribution in [3.05, 3.63) is 52.3 Å². The lowest BCUT2D eigenvalue weighted by Gasteiger charge is -2.11. The molecule has 0 bridgehead atoms. The van der Waals surface area contributed by atoms with Crippen LogP contribution in [0.3, 0.4) is 0 Å². The van der Waals surface area contributed by atoms with Gasteiger partial charge in [0.15, 0.2) is 0 Å². The van der Waals surface area contributed by atoms with Crippen molar-refractivity contribution in [2.45, 2.75) is 11.8 Å². The van der Waals surface area contributed by atoms with Crippen LogP contribution in [0.15, 0.2) is 46.0 Å². The van der Waals surface area contributed by atoms with Gasteiger partial charge in [0.05, 0.1) is 11.3 Å². The van der Waals surface area contributed by atoms with Crippen LogP contribution in [0.1, 0.15) is 15.9 Å². The fourth-order valence-corrected chi connectivity index (χ4v) is 3.29. The molecule has 0 atom stereocenters. The van der Waals surface area contributed by atoms with Crippen LogP contribution in [-0.4, -0.2) is 24.5 Å². The van der Waals surface area contributed by atoms with E-state index in [0.29, 0.717) is 15.7 Å². The Hall–Kier alpha value is -1.93. The van der Waals surface area contributed by atoms with Crippen LogP contribution in [0.2, 0.25) is 0 Å². The first-order chi connectivity index (χ1) is 9.79. The summed E-state index contributed by atoms with van der Waals surface area (Å²) < 4.78 is 27.4. The number of hydrogen-bond donors (Lipinski definition) is 2. The number of carboxylic acids is 1. The lowest BCUT2D eigenvalue weighted by atomic mass is 10.1. The molecule has 0 saturated carbocycles. The minimum Gasteiger partial charge on any atom is -0.478 e. The first-order valence-corrected chi connectivity index (χ1v) is 8.04. The number of rotatable bonds is 4. The molecule has 110 valence electrons. The maximum atomic E-state index is 12.2. The van der Waals surface area contributed by atoms with Gasteiger partial charge in [-0.05, 0) is 52.7 Å². The highest BCUT2D eigenvalue weighted by molar-refractivity contribution is 9.10. The molecule has 0 amide bonds. The standard InChI is InChI=1S/C13H11BrN2O4S/c1-8-4-9(13(17)18)2-3-12(8)16-21(19,20)11-5-10(14)6-15-7-11/h2-7,16H,1H3,(H,17,18). The van der Waals surface area contributed by atoms with Gasteiger partial charge in [0, 0.05) is 16.9 Å². The second-order valence-corrected chi connectivity index (χ2v) is 6.88. The quantitative estimate of drug-likeness (QED) is 0.862. The summed E-state index contributed by atoms with van der Waals surface area (Å²) in [7, 11) is -3.78. The van der Waals surface area contributed by atoms with Crippen molar-refractivity contribution in [3.8, 4) is 0 Å². The largest absolute Gasteiger partial charge is 0.478 e. The molecule has 1 aromatic heterocycles. The van der Waals surface area contributed by atoms with Crippen LogP contribution in [0.5, 0.6) is 0 Å². The molecule has 0 aliphatic rings. The fraction of sp³-hybridized carbons (Fsp3) is 0.0769. The molecule has 2 N–H and O–H groups in total. The van der Waals surface area contributed by atoms with Crippen LogP contribution in [0.25, 0.3) is 0 Å². The minimum atomic E-state index is -3.78. The van der Waals surface area contributed by atoms with Gasteiger partial charge < -0.3 is 5.11 Å². The van der Waals surface area contributed by atoms with Crippen molar-refractivity contribution in [1.82, 2.24) is 4.98 Å². The number of nitrogens with zero attached hydrogens (tertiary/aromatic N) is 1. The Morgan fingerprint density at radius 1 is 1.29 bits per heavy atom. The number of aromatic carboxylic acids is 1. The lowest BCUT2D eigenvalue weighted by Crippen LogP contribution is -2.14. The Balaban J connectivity index is 2.35. The van der Waals surface area contributed by atoms with E-state index >= 15 is 0 Å². The summed E-state index contributed by atoms with van der Waals surface area (Å²) in [6, 6.07) is 5.59. The van der Waals surface area contributed by atoms with E-state index in [1.54, 1.807) is 6.92 Å². The molecule has 0 unspecified atom stereocenters. The monoisotopic (exact) mass is 370 g/mol. The van der Waals surface area contributed by atoms with Crippen molar-refractivity contribution in [3.63, 3.8) is 0 Å². The molecule has 0 aliphatic heterocycles. The fourth-order valence-electron chi connectivity index (χ4n) is 1.65. The van der Waals surface area contributed by atoms with Crippen molar-refractivity contribution >= 4 is 37.6 Å². The Labute approximate surface area is 130 Å². The average molecular weight is 371 g/mol. The Kier molecular flexibility index (Phi) is 4.29. The molecule has 21 heavy (non-hydrogen) atoms. The number of aryl methyl sites for hydroxylation is 1. The summed E-state index contributed by atoms with van der Waals surface area (Å²) >= 11 is 3.16. The summed E-state index contributed by atoms with van der Waals surface area (Å²) in [5, 5.41) is 8.89. The number of halogens is 1. The average Bonchev–Trinajstić information content (AvgIpc) is 2.40. The van der Waals surface area contributed by atoms with Gasteiger partial charge in [0.2, 0.25) is 0 Å². The van der Waals surface area contributed by atoms with E-state index in [-0.39, 0.29) is 10.5 Å². The minimum absolute atomic E-state index is 0.0126. The number of nitrogens with one attached hydrogen (secondary N) is 1. The highest BCUT2D eigenvalue weighted by Gasteiger charge is 2.16. The van der Waals surface area contributed by atoms with Crippen molar-refractivity contribution in [2.24, 2.45) is 0 Å². The Morgan fingerprint density at radius 3 is 2.57 bits per heavy atom. The Morgan fingerprint density at radius 2 is 2.00 bits per heavy atom. The van der Waals surface area contributed by atoms with Crippen molar-refractivity contribution < 1.29 is 18.3 Å². The third-order valence-corrected chi connectivity index (χ3v) is 4.47. The molecule has 6 nitrogen and oxygen atoms in total. The van der Waals surface area contributed by atoms with E-state index in [1.807, 2.05) is 0 Å². The molecule has 2 rings (SSSR count). The molecule has 0 saturated heterocycles. The number of carboxylic acid groups (broad SMARTS) is 1. The molecular weight excluding hydrogens is 360 g/mol. The van der Waals surface area contributed by atoms with Crippen LogP contribution < -0.4 is 4.72 Å².